The summed E-state index contributed by atoms with van der Waals surface area (Å²) in [7, 11) is 0. The lowest BCUT2D eigenvalue weighted by atomic mass is 10.1. The van der Waals surface area contributed by atoms with E-state index < -0.39 is 12.0 Å². The second kappa shape index (κ2) is 4.66. The van der Waals surface area contributed by atoms with Crippen LogP contribution in [0.25, 0.3) is 10.9 Å². The van der Waals surface area contributed by atoms with Crippen LogP contribution in [-0.2, 0) is 11.2 Å². The van der Waals surface area contributed by atoms with Crippen LogP contribution in [0.3, 0.4) is 0 Å². The van der Waals surface area contributed by atoms with Crippen molar-refractivity contribution in [2.75, 3.05) is 5.75 Å². The average Bonchev–Trinajstić information content (AvgIpc) is 2.98. The first kappa shape index (κ1) is 11.6. The van der Waals surface area contributed by atoms with Crippen LogP contribution >= 0.6 is 11.8 Å². The molecule has 1 aliphatic heterocycles. The fraction of sp³-hybridized carbons (Fsp3) is 0.308. The number of rotatable bonds is 3. The molecule has 1 unspecified atom stereocenters. The smallest absolute Gasteiger partial charge is 0.321 e. The molecule has 0 radical (unpaired) electrons. The largest absolute Gasteiger partial charge is 0.480 e. The molecule has 2 aromatic rings. The van der Waals surface area contributed by atoms with Gasteiger partial charge in [0, 0.05) is 22.9 Å². The van der Waals surface area contributed by atoms with Crippen LogP contribution in [-0.4, -0.2) is 33.2 Å². The van der Waals surface area contributed by atoms with Crippen molar-refractivity contribution in [1.29, 1.82) is 0 Å². The molecule has 0 bridgehead atoms. The molecule has 3 rings (SSSR count). The summed E-state index contributed by atoms with van der Waals surface area (Å²) in [5.74, 6) is -0.119. The van der Waals surface area contributed by atoms with Gasteiger partial charge in [-0.3, -0.25) is 10.1 Å². The van der Waals surface area contributed by atoms with Crippen molar-refractivity contribution in [3.05, 3.63) is 36.0 Å². The molecule has 2 heterocycles. The van der Waals surface area contributed by atoms with E-state index in [4.69, 9.17) is 5.11 Å². The van der Waals surface area contributed by atoms with Crippen molar-refractivity contribution in [2.45, 2.75) is 17.8 Å². The van der Waals surface area contributed by atoms with Crippen molar-refractivity contribution >= 4 is 28.6 Å². The highest BCUT2D eigenvalue weighted by Crippen LogP contribution is 2.26. The fourth-order valence-electron chi connectivity index (χ4n) is 2.29. The van der Waals surface area contributed by atoms with Crippen molar-refractivity contribution in [2.24, 2.45) is 0 Å². The van der Waals surface area contributed by atoms with Crippen LogP contribution in [0.1, 0.15) is 5.56 Å². The molecule has 1 saturated heterocycles. The molecule has 1 aliphatic rings. The number of para-hydroxylation sites is 1. The Morgan fingerprint density at radius 3 is 3.06 bits per heavy atom. The SMILES string of the molecule is O=C(O)C1CS[C@H](Cc2c[nH]c3ccccc23)N1. The summed E-state index contributed by atoms with van der Waals surface area (Å²) in [5.41, 5.74) is 2.37. The number of carboxylic acid groups (broad SMARTS) is 1. The maximum atomic E-state index is 10.9. The third-order valence-corrected chi connectivity index (χ3v) is 4.46. The quantitative estimate of drug-likeness (QED) is 0.789. The Balaban J connectivity index is 1.76. The molecule has 0 aliphatic carbocycles. The normalized spacial score (nSPS) is 23.6. The maximum absolute atomic E-state index is 10.9. The van der Waals surface area contributed by atoms with Gasteiger partial charge in [-0.15, -0.1) is 11.8 Å². The van der Waals surface area contributed by atoms with Gasteiger partial charge in [0.2, 0.25) is 0 Å². The van der Waals surface area contributed by atoms with Crippen molar-refractivity contribution in [3.63, 3.8) is 0 Å². The van der Waals surface area contributed by atoms with Gasteiger partial charge in [-0.25, -0.2) is 0 Å². The van der Waals surface area contributed by atoms with E-state index in [9.17, 15) is 4.79 Å². The zero-order valence-corrected chi connectivity index (χ0v) is 10.5. The van der Waals surface area contributed by atoms with Gasteiger partial charge in [0.15, 0.2) is 0 Å². The molecular formula is C13H14N2O2S. The highest BCUT2D eigenvalue weighted by atomic mass is 32.2. The van der Waals surface area contributed by atoms with Crippen LogP contribution in [0.5, 0.6) is 0 Å². The molecule has 2 atom stereocenters. The molecule has 0 amide bonds. The minimum absolute atomic E-state index is 0.185. The van der Waals surface area contributed by atoms with Crippen molar-refractivity contribution < 1.29 is 9.90 Å². The number of aromatic amines is 1. The predicted octanol–water partition coefficient (Wildman–Crippen LogP) is 1.83. The lowest BCUT2D eigenvalue weighted by Crippen LogP contribution is -2.37. The summed E-state index contributed by atoms with van der Waals surface area (Å²) < 4.78 is 0. The number of aromatic nitrogens is 1. The number of hydrogen-bond donors (Lipinski definition) is 3. The van der Waals surface area contributed by atoms with E-state index in [0.29, 0.717) is 5.75 Å². The molecular weight excluding hydrogens is 248 g/mol. The molecule has 5 heteroatoms. The van der Waals surface area contributed by atoms with E-state index in [-0.39, 0.29) is 5.37 Å². The van der Waals surface area contributed by atoms with Gasteiger partial charge < -0.3 is 10.1 Å². The average molecular weight is 262 g/mol. The molecule has 1 aromatic heterocycles. The summed E-state index contributed by atoms with van der Waals surface area (Å²) in [6.07, 6.45) is 2.86. The minimum Gasteiger partial charge on any atom is -0.480 e. The number of thioether (sulfide) groups is 1. The summed E-state index contributed by atoms with van der Waals surface area (Å²) in [6, 6.07) is 7.76. The summed E-state index contributed by atoms with van der Waals surface area (Å²) >= 11 is 1.68. The van der Waals surface area contributed by atoms with Crippen LogP contribution < -0.4 is 5.32 Å². The van der Waals surface area contributed by atoms with Gasteiger partial charge in [-0.1, -0.05) is 18.2 Å². The van der Waals surface area contributed by atoms with Crippen LogP contribution in [0, 0.1) is 0 Å². The van der Waals surface area contributed by atoms with E-state index in [1.54, 1.807) is 11.8 Å². The number of carbonyl (C=O) groups is 1. The monoisotopic (exact) mass is 262 g/mol. The molecule has 3 N–H and O–H groups in total. The third-order valence-electron chi connectivity index (χ3n) is 3.23. The Bertz CT molecular complexity index is 581. The Kier molecular flexibility index (Phi) is 3.01. The molecule has 1 fully saturated rings. The zero-order valence-electron chi connectivity index (χ0n) is 9.72. The highest BCUT2D eigenvalue weighted by Gasteiger charge is 2.29. The van der Waals surface area contributed by atoms with Crippen LogP contribution in [0.15, 0.2) is 30.5 Å². The summed E-state index contributed by atoms with van der Waals surface area (Å²) in [5, 5.41) is 13.5. The predicted molar refractivity (Wildman–Crippen MR) is 72.8 cm³/mol. The highest BCUT2D eigenvalue weighted by molar-refractivity contribution is 8.00. The lowest BCUT2D eigenvalue weighted by molar-refractivity contribution is -0.138. The molecule has 94 valence electrons. The number of benzene rings is 1. The Morgan fingerprint density at radius 1 is 1.44 bits per heavy atom. The summed E-state index contributed by atoms with van der Waals surface area (Å²) in [4.78, 5) is 14.1. The van der Waals surface area contributed by atoms with Gasteiger partial charge >= 0.3 is 5.97 Å². The van der Waals surface area contributed by atoms with Gasteiger partial charge in [0.05, 0.1) is 5.37 Å². The van der Waals surface area contributed by atoms with Crippen LogP contribution in [0.2, 0.25) is 0 Å². The first-order valence-corrected chi connectivity index (χ1v) is 6.94. The molecule has 0 spiro atoms. The first-order valence-electron chi connectivity index (χ1n) is 5.89. The third kappa shape index (κ3) is 2.11. The molecule has 1 aromatic carbocycles. The number of carboxylic acids is 1. The standard InChI is InChI=1S/C13H14N2O2S/c16-13(17)11-7-18-12(15-11)5-8-6-14-10-4-2-1-3-9(8)10/h1-4,6,11-12,14-15H,5,7H2,(H,16,17)/t11?,12-/m1/s1. The zero-order chi connectivity index (χ0) is 12.5. The summed E-state index contributed by atoms with van der Waals surface area (Å²) in [6.45, 7) is 0. The van der Waals surface area contributed by atoms with Gasteiger partial charge in [-0.05, 0) is 18.1 Å². The number of aliphatic carboxylic acids is 1. The number of hydrogen-bond acceptors (Lipinski definition) is 3. The van der Waals surface area contributed by atoms with Gasteiger partial charge in [0.1, 0.15) is 6.04 Å². The Hall–Kier alpha value is -1.46. The minimum atomic E-state index is -0.760. The van der Waals surface area contributed by atoms with E-state index >= 15 is 0 Å². The number of nitrogens with one attached hydrogen (secondary N) is 2. The number of H-pyrrole nitrogens is 1. The molecule has 4 nitrogen and oxygen atoms in total. The Morgan fingerprint density at radius 2 is 2.28 bits per heavy atom. The Labute approximate surface area is 109 Å². The fourth-order valence-corrected chi connectivity index (χ4v) is 3.52. The maximum Gasteiger partial charge on any atom is 0.321 e. The van der Waals surface area contributed by atoms with E-state index in [1.165, 1.54) is 10.9 Å². The van der Waals surface area contributed by atoms with Crippen molar-refractivity contribution in [1.82, 2.24) is 10.3 Å². The first-order chi connectivity index (χ1) is 8.74. The second-order valence-corrected chi connectivity index (χ2v) is 5.68. The van der Waals surface area contributed by atoms with E-state index in [0.717, 1.165) is 11.9 Å². The second-order valence-electron chi connectivity index (χ2n) is 4.44. The molecule has 18 heavy (non-hydrogen) atoms. The lowest BCUT2D eigenvalue weighted by Gasteiger charge is -2.09. The van der Waals surface area contributed by atoms with Crippen LogP contribution in [0.4, 0.5) is 0 Å². The van der Waals surface area contributed by atoms with Gasteiger partial charge in [-0.2, -0.15) is 0 Å². The van der Waals surface area contributed by atoms with Crippen molar-refractivity contribution in [3.8, 4) is 0 Å². The van der Waals surface area contributed by atoms with E-state index in [2.05, 4.69) is 16.4 Å². The number of fused-ring (bicyclic) bond motifs is 1. The molecule has 0 saturated carbocycles. The van der Waals surface area contributed by atoms with E-state index in [1.807, 2.05) is 24.4 Å². The topological polar surface area (TPSA) is 65.1 Å². The van der Waals surface area contributed by atoms with Gasteiger partial charge in [0.25, 0.3) is 0 Å².